The predicted octanol–water partition coefficient (Wildman–Crippen LogP) is 3.27. The molecule has 2 aromatic rings. The van der Waals surface area contributed by atoms with Gasteiger partial charge in [-0.2, -0.15) is 5.26 Å². The van der Waals surface area contributed by atoms with E-state index >= 15 is 0 Å². The Hall–Kier alpha value is -1.48. The highest BCUT2D eigenvalue weighted by Crippen LogP contribution is 2.28. The second-order valence-corrected chi connectivity index (χ2v) is 3.72. The van der Waals surface area contributed by atoms with E-state index in [0.717, 1.165) is 0 Å². The second-order valence-electron chi connectivity index (χ2n) is 3.16. The molecule has 82 valence electrons. The SMILES string of the molecule is N#Cc1c(C(F)F)ccc2[nH]c(CBr)nc12. The van der Waals surface area contributed by atoms with E-state index in [1.807, 2.05) is 0 Å². The maximum Gasteiger partial charge on any atom is 0.265 e. The number of nitrogens with one attached hydrogen (secondary N) is 1. The molecule has 1 N–H and O–H groups in total. The summed E-state index contributed by atoms with van der Waals surface area (Å²) in [5.74, 6) is 0.609. The summed E-state index contributed by atoms with van der Waals surface area (Å²) in [5.41, 5.74) is 0.559. The van der Waals surface area contributed by atoms with Crippen molar-refractivity contribution in [3.8, 4) is 6.07 Å². The van der Waals surface area contributed by atoms with Crippen molar-refractivity contribution >= 4 is 27.0 Å². The molecule has 0 aliphatic heterocycles. The number of nitrogens with zero attached hydrogens (tertiary/aromatic N) is 2. The lowest BCUT2D eigenvalue weighted by Crippen LogP contribution is -1.91. The van der Waals surface area contributed by atoms with Crippen LogP contribution in [0.1, 0.15) is 23.4 Å². The smallest absolute Gasteiger partial charge is 0.265 e. The van der Waals surface area contributed by atoms with Gasteiger partial charge in [0, 0.05) is 5.56 Å². The molecule has 1 heterocycles. The van der Waals surface area contributed by atoms with Crippen LogP contribution >= 0.6 is 15.9 Å². The molecule has 3 nitrogen and oxygen atoms in total. The molecule has 2 rings (SSSR count). The average molecular weight is 286 g/mol. The Labute approximate surface area is 98.2 Å². The van der Waals surface area contributed by atoms with E-state index in [9.17, 15) is 8.78 Å². The van der Waals surface area contributed by atoms with E-state index in [1.165, 1.54) is 12.1 Å². The molecule has 1 aromatic heterocycles. The highest BCUT2D eigenvalue weighted by Gasteiger charge is 2.17. The number of imidazole rings is 1. The number of aromatic amines is 1. The number of nitriles is 1. The van der Waals surface area contributed by atoms with Gasteiger partial charge in [0.1, 0.15) is 17.4 Å². The van der Waals surface area contributed by atoms with Gasteiger partial charge < -0.3 is 4.98 Å². The van der Waals surface area contributed by atoms with Crippen molar-refractivity contribution < 1.29 is 8.78 Å². The Bertz CT molecular complexity index is 571. The summed E-state index contributed by atoms with van der Waals surface area (Å²) in [4.78, 5) is 7.02. The molecule has 1 aromatic carbocycles. The van der Waals surface area contributed by atoms with Crippen LogP contribution in [0, 0.1) is 11.3 Å². The van der Waals surface area contributed by atoms with E-state index in [4.69, 9.17) is 5.26 Å². The molecule has 16 heavy (non-hydrogen) atoms. The molecule has 0 fully saturated rings. The van der Waals surface area contributed by atoms with Crippen LogP contribution in [0.15, 0.2) is 12.1 Å². The zero-order chi connectivity index (χ0) is 11.7. The summed E-state index contributed by atoms with van der Waals surface area (Å²) in [6.45, 7) is 0. The molecule has 0 aliphatic carbocycles. The Morgan fingerprint density at radius 2 is 2.25 bits per heavy atom. The zero-order valence-electron chi connectivity index (χ0n) is 7.97. The Balaban J connectivity index is 2.75. The Morgan fingerprint density at radius 1 is 1.50 bits per heavy atom. The first kappa shape index (κ1) is 11.0. The second kappa shape index (κ2) is 4.18. The third-order valence-corrected chi connectivity index (χ3v) is 2.74. The van der Waals surface area contributed by atoms with E-state index in [0.29, 0.717) is 22.2 Å². The van der Waals surface area contributed by atoms with Crippen molar-refractivity contribution in [2.75, 3.05) is 0 Å². The van der Waals surface area contributed by atoms with Gasteiger partial charge >= 0.3 is 0 Å². The number of halogens is 3. The van der Waals surface area contributed by atoms with Gasteiger partial charge in [-0.15, -0.1) is 0 Å². The number of rotatable bonds is 2. The van der Waals surface area contributed by atoms with E-state index in [-0.39, 0.29) is 11.1 Å². The summed E-state index contributed by atoms with van der Waals surface area (Å²) < 4.78 is 25.3. The first-order valence-corrected chi connectivity index (χ1v) is 5.55. The Morgan fingerprint density at radius 3 is 2.81 bits per heavy atom. The lowest BCUT2D eigenvalue weighted by Gasteiger charge is -2.01. The van der Waals surface area contributed by atoms with Gasteiger partial charge in [-0.1, -0.05) is 15.9 Å². The molecule has 0 bridgehead atoms. The van der Waals surface area contributed by atoms with Gasteiger partial charge in [0.25, 0.3) is 6.43 Å². The van der Waals surface area contributed by atoms with Gasteiger partial charge in [-0.25, -0.2) is 13.8 Å². The minimum absolute atomic E-state index is 0.0593. The summed E-state index contributed by atoms with van der Waals surface area (Å²) in [7, 11) is 0. The van der Waals surface area contributed by atoms with E-state index < -0.39 is 6.43 Å². The highest BCUT2D eigenvalue weighted by molar-refractivity contribution is 9.08. The number of benzene rings is 1. The fourth-order valence-corrected chi connectivity index (χ4v) is 1.77. The number of aromatic nitrogens is 2. The van der Waals surface area contributed by atoms with Crippen LogP contribution in [0.5, 0.6) is 0 Å². The number of fused-ring (bicyclic) bond motifs is 1. The van der Waals surface area contributed by atoms with Crippen LogP contribution in [-0.2, 0) is 5.33 Å². The van der Waals surface area contributed by atoms with Crippen LogP contribution in [0.3, 0.4) is 0 Å². The van der Waals surface area contributed by atoms with Gasteiger partial charge in [0.2, 0.25) is 0 Å². The third-order valence-electron chi connectivity index (χ3n) is 2.21. The molecule has 0 spiro atoms. The Kier molecular flexibility index (Phi) is 2.88. The zero-order valence-corrected chi connectivity index (χ0v) is 9.55. The van der Waals surface area contributed by atoms with Crippen LogP contribution in [0.4, 0.5) is 8.78 Å². The normalized spacial score (nSPS) is 10.9. The standard InChI is InChI=1S/C10H6BrF2N3/c11-3-8-15-7-2-1-5(10(12)13)6(4-14)9(7)16-8/h1-2,10H,3H2,(H,15,16). The molecule has 0 saturated heterocycles. The molecule has 0 atom stereocenters. The van der Waals surface area contributed by atoms with Crippen LogP contribution in [-0.4, -0.2) is 9.97 Å². The number of hydrogen-bond donors (Lipinski definition) is 1. The van der Waals surface area contributed by atoms with Gasteiger partial charge in [0.05, 0.1) is 16.4 Å². The molecule has 6 heteroatoms. The number of hydrogen-bond acceptors (Lipinski definition) is 2. The average Bonchev–Trinajstić information content (AvgIpc) is 2.69. The van der Waals surface area contributed by atoms with E-state index in [2.05, 4.69) is 25.9 Å². The minimum Gasteiger partial charge on any atom is -0.341 e. The van der Waals surface area contributed by atoms with Crippen LogP contribution < -0.4 is 0 Å². The summed E-state index contributed by atoms with van der Waals surface area (Å²) in [6.07, 6.45) is -2.66. The van der Waals surface area contributed by atoms with E-state index in [1.54, 1.807) is 6.07 Å². The van der Waals surface area contributed by atoms with Crippen LogP contribution in [0.25, 0.3) is 11.0 Å². The maximum atomic E-state index is 12.6. The fourth-order valence-electron chi connectivity index (χ4n) is 1.50. The summed E-state index contributed by atoms with van der Waals surface area (Å²) >= 11 is 3.20. The van der Waals surface area contributed by atoms with Gasteiger partial charge in [-0.05, 0) is 12.1 Å². The van der Waals surface area contributed by atoms with Gasteiger partial charge in [0.15, 0.2) is 0 Å². The lowest BCUT2D eigenvalue weighted by atomic mass is 10.1. The molecule has 0 radical (unpaired) electrons. The highest BCUT2D eigenvalue weighted by atomic mass is 79.9. The van der Waals surface area contributed by atoms with Crippen molar-refractivity contribution in [3.05, 3.63) is 29.1 Å². The molecular formula is C10H6BrF2N3. The molecule has 0 amide bonds. The number of alkyl halides is 3. The number of H-pyrrole nitrogens is 1. The van der Waals surface area contributed by atoms with Gasteiger partial charge in [-0.3, -0.25) is 0 Å². The quantitative estimate of drug-likeness (QED) is 0.861. The van der Waals surface area contributed by atoms with Crippen molar-refractivity contribution in [3.63, 3.8) is 0 Å². The van der Waals surface area contributed by atoms with Crippen molar-refractivity contribution in [2.45, 2.75) is 11.8 Å². The molecule has 0 saturated carbocycles. The molecule has 0 unspecified atom stereocenters. The maximum absolute atomic E-state index is 12.6. The predicted molar refractivity (Wildman–Crippen MR) is 58.4 cm³/mol. The third kappa shape index (κ3) is 1.67. The van der Waals surface area contributed by atoms with Crippen molar-refractivity contribution in [1.29, 1.82) is 5.26 Å². The minimum atomic E-state index is -2.66. The van der Waals surface area contributed by atoms with Crippen molar-refractivity contribution in [1.82, 2.24) is 9.97 Å². The largest absolute Gasteiger partial charge is 0.341 e. The topological polar surface area (TPSA) is 52.5 Å². The van der Waals surface area contributed by atoms with Crippen LogP contribution in [0.2, 0.25) is 0 Å². The summed E-state index contributed by atoms with van der Waals surface area (Å²) in [6, 6.07) is 4.54. The van der Waals surface area contributed by atoms with Crippen molar-refractivity contribution in [2.24, 2.45) is 0 Å². The monoisotopic (exact) mass is 285 g/mol. The summed E-state index contributed by atoms with van der Waals surface area (Å²) in [5, 5.41) is 9.38. The fraction of sp³-hybridized carbons (Fsp3) is 0.200. The molecular weight excluding hydrogens is 280 g/mol. The first-order valence-electron chi connectivity index (χ1n) is 4.43. The molecule has 0 aliphatic rings. The first-order chi connectivity index (χ1) is 7.67. The lowest BCUT2D eigenvalue weighted by molar-refractivity contribution is 0.151.